The zero-order chi connectivity index (χ0) is 10.4. The summed E-state index contributed by atoms with van der Waals surface area (Å²) in [4.78, 5) is 21.6. The van der Waals surface area contributed by atoms with Crippen molar-refractivity contribution >= 4 is 11.9 Å². The molecule has 0 amide bonds. The Labute approximate surface area is 78.8 Å². The van der Waals surface area contributed by atoms with Crippen molar-refractivity contribution in [2.75, 3.05) is 7.11 Å². The lowest BCUT2D eigenvalue weighted by atomic mass is 9.94. The van der Waals surface area contributed by atoms with Crippen LogP contribution < -0.4 is 0 Å². The van der Waals surface area contributed by atoms with Crippen molar-refractivity contribution in [2.45, 2.75) is 27.2 Å². The van der Waals surface area contributed by atoms with E-state index in [2.05, 4.69) is 4.74 Å². The van der Waals surface area contributed by atoms with Gasteiger partial charge in [0, 0.05) is 5.57 Å². The van der Waals surface area contributed by atoms with Crippen LogP contribution in [0.5, 0.6) is 0 Å². The number of hydrogen-bond acceptors (Lipinski definition) is 3. The van der Waals surface area contributed by atoms with Crippen LogP contribution in [0.4, 0.5) is 0 Å². The topological polar surface area (TPSA) is 43.4 Å². The summed E-state index contributed by atoms with van der Waals surface area (Å²) in [7, 11) is 1.32. The molecule has 0 saturated carbocycles. The summed E-state index contributed by atoms with van der Waals surface area (Å²) in [6, 6.07) is 0. The van der Waals surface area contributed by atoms with Crippen LogP contribution in [-0.4, -0.2) is 19.0 Å². The van der Waals surface area contributed by atoms with Gasteiger partial charge in [-0.1, -0.05) is 13.8 Å². The highest BCUT2D eigenvalue weighted by Gasteiger charge is 2.19. The molecule has 0 rings (SSSR count). The van der Waals surface area contributed by atoms with Gasteiger partial charge in [-0.3, -0.25) is 4.79 Å². The Morgan fingerprint density at radius 1 is 1.38 bits per heavy atom. The Morgan fingerprint density at radius 3 is 2.23 bits per heavy atom. The van der Waals surface area contributed by atoms with Gasteiger partial charge in [-0.05, 0) is 19.3 Å². The van der Waals surface area contributed by atoms with Gasteiger partial charge >= 0.3 is 5.97 Å². The van der Waals surface area contributed by atoms with E-state index in [1.807, 2.05) is 19.8 Å². The van der Waals surface area contributed by atoms with Gasteiger partial charge in [0.1, 0.15) is 5.94 Å². The Hall–Kier alpha value is -1.08. The fourth-order valence-electron chi connectivity index (χ4n) is 1.07. The van der Waals surface area contributed by atoms with Crippen molar-refractivity contribution < 1.29 is 14.3 Å². The first-order valence-electron chi connectivity index (χ1n) is 4.34. The van der Waals surface area contributed by atoms with Crippen LogP contribution in [0.3, 0.4) is 0 Å². The summed E-state index contributed by atoms with van der Waals surface area (Å²) in [6.07, 6.45) is 0.597. The molecule has 0 aliphatic rings. The average molecular weight is 184 g/mol. The predicted octanol–water partition coefficient (Wildman–Crippen LogP) is 1.60. The second kappa shape index (κ2) is 5.55. The summed E-state index contributed by atoms with van der Waals surface area (Å²) >= 11 is 0. The van der Waals surface area contributed by atoms with Crippen LogP contribution in [0, 0.1) is 11.8 Å². The molecular weight excluding hydrogens is 168 g/mol. The molecule has 0 aromatic heterocycles. The smallest absolute Gasteiger partial charge is 0.313 e. The molecule has 0 aliphatic carbocycles. The average Bonchev–Trinajstić information content (AvgIpc) is 2.11. The normalized spacial score (nSPS) is 12.1. The van der Waals surface area contributed by atoms with Crippen LogP contribution >= 0.6 is 0 Å². The Kier molecular flexibility index (Phi) is 5.09. The number of methoxy groups -OCH3 is 1. The van der Waals surface area contributed by atoms with Crippen molar-refractivity contribution in [2.24, 2.45) is 11.8 Å². The number of rotatable bonds is 4. The maximum absolute atomic E-state index is 11.1. The van der Waals surface area contributed by atoms with Crippen molar-refractivity contribution in [3.05, 3.63) is 5.57 Å². The van der Waals surface area contributed by atoms with Crippen molar-refractivity contribution in [1.29, 1.82) is 0 Å². The molecular formula is C10H16O3. The molecule has 3 heteroatoms. The summed E-state index contributed by atoms with van der Waals surface area (Å²) in [5.41, 5.74) is 0.488. The number of carbonyl (C=O) groups is 1. The molecule has 0 spiro atoms. The van der Waals surface area contributed by atoms with Gasteiger partial charge < -0.3 is 4.74 Å². The minimum absolute atomic E-state index is 0.351. The van der Waals surface area contributed by atoms with Crippen LogP contribution in [-0.2, 0) is 14.3 Å². The Balaban J connectivity index is 4.43. The lowest BCUT2D eigenvalue weighted by molar-refractivity contribution is -0.143. The minimum Gasteiger partial charge on any atom is -0.469 e. The fourth-order valence-corrected chi connectivity index (χ4v) is 1.07. The van der Waals surface area contributed by atoms with Gasteiger partial charge in [-0.2, -0.15) is 0 Å². The molecule has 0 aliphatic heterocycles. The highest BCUT2D eigenvalue weighted by molar-refractivity contribution is 5.78. The molecule has 0 fully saturated rings. The third kappa shape index (κ3) is 3.90. The Morgan fingerprint density at radius 2 is 1.92 bits per heavy atom. The maximum atomic E-state index is 11.1. The molecule has 0 aromatic rings. The van der Waals surface area contributed by atoms with Crippen LogP contribution in [0.1, 0.15) is 27.2 Å². The quantitative estimate of drug-likeness (QED) is 0.492. The summed E-state index contributed by atoms with van der Waals surface area (Å²) < 4.78 is 4.54. The van der Waals surface area contributed by atoms with Crippen LogP contribution in [0.25, 0.3) is 0 Å². The van der Waals surface area contributed by atoms with Gasteiger partial charge in [-0.25, -0.2) is 4.79 Å². The first-order chi connectivity index (χ1) is 6.02. The van der Waals surface area contributed by atoms with Crippen LogP contribution in [0.2, 0.25) is 0 Å². The fraction of sp³-hybridized carbons (Fsp3) is 0.700. The molecule has 74 valence electrons. The molecule has 1 atom stereocenters. The molecule has 13 heavy (non-hydrogen) atoms. The lowest BCUT2D eigenvalue weighted by Gasteiger charge is -2.11. The third-order valence-electron chi connectivity index (χ3n) is 1.84. The van der Waals surface area contributed by atoms with Crippen molar-refractivity contribution in [3.63, 3.8) is 0 Å². The molecule has 0 heterocycles. The van der Waals surface area contributed by atoms with E-state index in [9.17, 15) is 9.59 Å². The van der Waals surface area contributed by atoms with E-state index < -0.39 is 5.92 Å². The number of ether oxygens (including phenoxy) is 1. The van der Waals surface area contributed by atoms with E-state index in [1.54, 1.807) is 6.92 Å². The van der Waals surface area contributed by atoms with E-state index in [4.69, 9.17) is 0 Å². The Bertz CT molecular complexity index is 224. The summed E-state index contributed by atoms with van der Waals surface area (Å²) in [6.45, 7) is 5.64. The van der Waals surface area contributed by atoms with Crippen molar-refractivity contribution in [1.82, 2.24) is 0 Å². The predicted molar refractivity (Wildman–Crippen MR) is 49.8 cm³/mol. The SMILES string of the molecule is COC(=O)C(C)C(=C=O)CC(C)C. The van der Waals surface area contributed by atoms with E-state index in [0.717, 1.165) is 0 Å². The maximum Gasteiger partial charge on any atom is 0.313 e. The number of esters is 1. The van der Waals surface area contributed by atoms with E-state index >= 15 is 0 Å². The first kappa shape index (κ1) is 11.9. The van der Waals surface area contributed by atoms with E-state index in [1.165, 1.54) is 7.11 Å². The number of carbonyl (C=O) groups excluding carboxylic acids is 2. The second-order valence-corrected chi connectivity index (χ2v) is 3.47. The zero-order valence-corrected chi connectivity index (χ0v) is 8.59. The highest BCUT2D eigenvalue weighted by atomic mass is 16.5. The van der Waals surface area contributed by atoms with E-state index in [-0.39, 0.29) is 5.97 Å². The first-order valence-corrected chi connectivity index (χ1v) is 4.34. The molecule has 0 saturated heterocycles. The minimum atomic E-state index is -0.468. The van der Waals surface area contributed by atoms with Gasteiger partial charge in [-0.15, -0.1) is 0 Å². The van der Waals surface area contributed by atoms with Crippen molar-refractivity contribution in [3.8, 4) is 0 Å². The highest BCUT2D eigenvalue weighted by Crippen LogP contribution is 2.17. The van der Waals surface area contributed by atoms with Crippen LogP contribution in [0.15, 0.2) is 5.57 Å². The van der Waals surface area contributed by atoms with Gasteiger partial charge in [0.25, 0.3) is 0 Å². The van der Waals surface area contributed by atoms with Gasteiger partial charge in [0.05, 0.1) is 13.0 Å². The largest absolute Gasteiger partial charge is 0.469 e. The van der Waals surface area contributed by atoms with Gasteiger partial charge in [0.2, 0.25) is 0 Å². The third-order valence-corrected chi connectivity index (χ3v) is 1.84. The summed E-state index contributed by atoms with van der Waals surface area (Å²) in [5.74, 6) is 1.32. The standard InChI is InChI=1S/C10H16O3/c1-7(2)5-9(6-11)8(3)10(12)13-4/h7-8H,5H2,1-4H3. The molecule has 3 nitrogen and oxygen atoms in total. The van der Waals surface area contributed by atoms with E-state index in [0.29, 0.717) is 17.9 Å². The zero-order valence-electron chi connectivity index (χ0n) is 8.59. The molecule has 0 aromatic carbocycles. The molecule has 1 unspecified atom stereocenters. The monoisotopic (exact) mass is 184 g/mol. The summed E-state index contributed by atoms with van der Waals surface area (Å²) in [5, 5.41) is 0. The second-order valence-electron chi connectivity index (χ2n) is 3.47. The molecule has 0 bridgehead atoms. The molecule has 0 N–H and O–H groups in total. The number of hydrogen-bond donors (Lipinski definition) is 0. The molecule has 0 radical (unpaired) electrons. The lowest BCUT2D eigenvalue weighted by Crippen LogP contribution is -2.16. The van der Waals surface area contributed by atoms with Gasteiger partial charge in [0.15, 0.2) is 0 Å².